The minimum Gasteiger partial charge on any atom is -0.466 e. The summed E-state index contributed by atoms with van der Waals surface area (Å²) >= 11 is 0. The standard InChI is InChI=1S/C16H22ClNO4S/c1-4-22-14(19)6-5-11-7-12-9-16(2,3)10-18-15(12)13(8-11)23(17,20)21/h7-8,18H,4-6,9-10H2,1-3H3. The molecule has 0 radical (unpaired) electrons. The van der Waals surface area contributed by atoms with Gasteiger partial charge in [0.05, 0.1) is 12.3 Å². The molecule has 1 N–H and O–H groups in total. The van der Waals surface area contributed by atoms with E-state index in [1.165, 1.54) is 0 Å². The molecule has 1 aliphatic rings. The highest BCUT2D eigenvalue weighted by molar-refractivity contribution is 8.13. The van der Waals surface area contributed by atoms with Crippen LogP contribution in [0, 0.1) is 5.41 Å². The largest absolute Gasteiger partial charge is 0.466 e. The van der Waals surface area contributed by atoms with Crippen LogP contribution in [-0.2, 0) is 31.4 Å². The number of aryl methyl sites for hydroxylation is 1. The predicted molar refractivity (Wildman–Crippen MR) is 90.4 cm³/mol. The summed E-state index contributed by atoms with van der Waals surface area (Å²) in [6.45, 7) is 7.00. The van der Waals surface area contributed by atoms with Crippen LogP contribution in [0.4, 0.5) is 5.69 Å². The average molecular weight is 360 g/mol. The number of benzene rings is 1. The molecule has 1 aromatic rings. The lowest BCUT2D eigenvalue weighted by molar-refractivity contribution is -0.143. The van der Waals surface area contributed by atoms with Crippen LogP contribution in [0.5, 0.6) is 0 Å². The molecule has 1 heterocycles. The summed E-state index contributed by atoms with van der Waals surface area (Å²) in [7, 11) is 1.73. The summed E-state index contributed by atoms with van der Waals surface area (Å²) in [5, 5.41) is 3.19. The quantitative estimate of drug-likeness (QED) is 0.646. The van der Waals surface area contributed by atoms with E-state index in [1.54, 1.807) is 13.0 Å². The molecule has 0 aliphatic carbocycles. The molecule has 7 heteroatoms. The van der Waals surface area contributed by atoms with Crippen molar-refractivity contribution >= 4 is 31.4 Å². The Labute approximate surface area is 141 Å². The molecule has 5 nitrogen and oxygen atoms in total. The monoisotopic (exact) mass is 359 g/mol. The van der Waals surface area contributed by atoms with Crippen LogP contribution in [0.1, 0.15) is 38.3 Å². The van der Waals surface area contributed by atoms with Crippen molar-refractivity contribution in [1.29, 1.82) is 0 Å². The van der Waals surface area contributed by atoms with Crippen LogP contribution < -0.4 is 5.32 Å². The SMILES string of the molecule is CCOC(=O)CCc1cc2c(c(S(=O)(=O)Cl)c1)NCC(C)(C)C2. The molecule has 23 heavy (non-hydrogen) atoms. The highest BCUT2D eigenvalue weighted by Crippen LogP contribution is 2.38. The minimum absolute atomic E-state index is 0.0279. The Morgan fingerprint density at radius 3 is 2.70 bits per heavy atom. The molecule has 0 fully saturated rings. The number of hydrogen-bond donors (Lipinski definition) is 1. The van der Waals surface area contributed by atoms with E-state index in [0.717, 1.165) is 17.5 Å². The number of carbonyl (C=O) groups is 1. The number of rotatable bonds is 5. The average Bonchev–Trinajstić information content (AvgIpc) is 2.42. The normalized spacial score (nSPS) is 16.3. The first-order valence-electron chi connectivity index (χ1n) is 7.62. The summed E-state index contributed by atoms with van der Waals surface area (Å²) in [5.74, 6) is -0.293. The lowest BCUT2D eigenvalue weighted by Crippen LogP contribution is -2.31. The molecular formula is C16H22ClNO4S. The molecule has 128 valence electrons. The molecule has 0 bridgehead atoms. The third kappa shape index (κ3) is 4.61. The number of anilines is 1. The zero-order chi connectivity index (χ0) is 17.3. The van der Waals surface area contributed by atoms with Crippen molar-refractivity contribution in [2.24, 2.45) is 5.41 Å². The lowest BCUT2D eigenvalue weighted by Gasteiger charge is -2.33. The zero-order valence-corrected chi connectivity index (χ0v) is 15.2. The second-order valence-electron chi connectivity index (χ2n) is 6.57. The summed E-state index contributed by atoms with van der Waals surface area (Å²) in [6.07, 6.45) is 1.39. The fourth-order valence-corrected chi connectivity index (χ4v) is 3.90. The Balaban J connectivity index is 2.36. The first kappa shape index (κ1) is 18.1. The van der Waals surface area contributed by atoms with Crippen molar-refractivity contribution < 1.29 is 17.9 Å². The van der Waals surface area contributed by atoms with Gasteiger partial charge in [-0.3, -0.25) is 4.79 Å². The van der Waals surface area contributed by atoms with Crippen molar-refractivity contribution in [3.05, 3.63) is 23.3 Å². The van der Waals surface area contributed by atoms with Crippen molar-refractivity contribution in [1.82, 2.24) is 0 Å². The first-order valence-corrected chi connectivity index (χ1v) is 9.93. The number of ether oxygens (including phenoxy) is 1. The summed E-state index contributed by atoms with van der Waals surface area (Å²) < 4.78 is 28.7. The minimum atomic E-state index is -3.86. The van der Waals surface area contributed by atoms with Crippen LogP contribution in [0.15, 0.2) is 17.0 Å². The summed E-state index contributed by atoms with van der Waals surface area (Å²) in [4.78, 5) is 11.6. The Kier molecular flexibility index (Phi) is 5.26. The molecule has 0 unspecified atom stereocenters. The molecule has 0 spiro atoms. The Hall–Kier alpha value is -1.27. The van der Waals surface area contributed by atoms with Gasteiger partial charge in [0, 0.05) is 23.6 Å². The van der Waals surface area contributed by atoms with E-state index in [0.29, 0.717) is 25.3 Å². The number of halogens is 1. The van der Waals surface area contributed by atoms with Crippen LogP contribution in [0.3, 0.4) is 0 Å². The lowest BCUT2D eigenvalue weighted by atomic mass is 9.81. The van der Waals surface area contributed by atoms with Gasteiger partial charge >= 0.3 is 5.97 Å². The Morgan fingerprint density at radius 2 is 2.09 bits per heavy atom. The van der Waals surface area contributed by atoms with E-state index < -0.39 is 9.05 Å². The fourth-order valence-electron chi connectivity index (χ4n) is 2.80. The summed E-state index contributed by atoms with van der Waals surface area (Å²) in [5.41, 5.74) is 2.30. The summed E-state index contributed by atoms with van der Waals surface area (Å²) in [6, 6.07) is 3.50. The number of esters is 1. The smallest absolute Gasteiger partial charge is 0.306 e. The number of hydrogen-bond acceptors (Lipinski definition) is 5. The number of fused-ring (bicyclic) bond motifs is 1. The van der Waals surface area contributed by atoms with Crippen molar-refractivity contribution in [2.45, 2.75) is 44.9 Å². The van der Waals surface area contributed by atoms with Gasteiger partial charge in [0.1, 0.15) is 4.90 Å². The van der Waals surface area contributed by atoms with Crippen LogP contribution >= 0.6 is 10.7 Å². The van der Waals surface area contributed by atoms with Gasteiger partial charge in [0.2, 0.25) is 0 Å². The molecule has 0 aromatic heterocycles. The van der Waals surface area contributed by atoms with Crippen LogP contribution in [0.25, 0.3) is 0 Å². The van der Waals surface area contributed by atoms with Crippen LogP contribution in [0.2, 0.25) is 0 Å². The zero-order valence-electron chi connectivity index (χ0n) is 13.6. The van der Waals surface area contributed by atoms with E-state index >= 15 is 0 Å². The van der Waals surface area contributed by atoms with E-state index in [2.05, 4.69) is 19.2 Å². The topological polar surface area (TPSA) is 72.5 Å². The maximum atomic E-state index is 11.9. The molecule has 0 saturated carbocycles. The van der Waals surface area contributed by atoms with Gasteiger partial charge in [0.25, 0.3) is 9.05 Å². The fraction of sp³-hybridized carbons (Fsp3) is 0.562. The van der Waals surface area contributed by atoms with Crippen molar-refractivity contribution in [3.8, 4) is 0 Å². The molecule has 0 saturated heterocycles. The molecular weight excluding hydrogens is 338 g/mol. The molecule has 1 aliphatic heterocycles. The Morgan fingerprint density at radius 1 is 1.39 bits per heavy atom. The number of nitrogens with one attached hydrogen (secondary N) is 1. The van der Waals surface area contributed by atoms with Gasteiger partial charge in [-0.15, -0.1) is 0 Å². The van der Waals surface area contributed by atoms with E-state index in [9.17, 15) is 13.2 Å². The highest BCUT2D eigenvalue weighted by atomic mass is 35.7. The second-order valence-corrected chi connectivity index (χ2v) is 9.10. The van der Waals surface area contributed by atoms with Gasteiger partial charge in [-0.25, -0.2) is 8.42 Å². The number of carbonyl (C=O) groups excluding carboxylic acids is 1. The second kappa shape index (κ2) is 6.69. The van der Waals surface area contributed by atoms with Crippen molar-refractivity contribution in [2.75, 3.05) is 18.5 Å². The van der Waals surface area contributed by atoms with Gasteiger partial charge in [-0.2, -0.15) is 0 Å². The van der Waals surface area contributed by atoms with E-state index in [4.69, 9.17) is 15.4 Å². The molecule has 0 atom stereocenters. The highest BCUT2D eigenvalue weighted by Gasteiger charge is 2.30. The van der Waals surface area contributed by atoms with Gasteiger partial charge in [-0.05, 0) is 42.4 Å². The maximum absolute atomic E-state index is 11.9. The van der Waals surface area contributed by atoms with E-state index in [-0.39, 0.29) is 22.7 Å². The molecule has 1 aromatic carbocycles. The van der Waals surface area contributed by atoms with Gasteiger partial charge in [0.15, 0.2) is 0 Å². The predicted octanol–water partition coefficient (Wildman–Crippen LogP) is 3.10. The molecule has 0 amide bonds. The molecule has 2 rings (SSSR count). The van der Waals surface area contributed by atoms with E-state index in [1.807, 2.05) is 6.07 Å². The third-order valence-electron chi connectivity index (χ3n) is 3.84. The van der Waals surface area contributed by atoms with Gasteiger partial charge < -0.3 is 10.1 Å². The van der Waals surface area contributed by atoms with Crippen LogP contribution in [-0.4, -0.2) is 27.5 Å². The maximum Gasteiger partial charge on any atom is 0.306 e. The van der Waals surface area contributed by atoms with Crippen molar-refractivity contribution in [3.63, 3.8) is 0 Å². The Bertz CT molecular complexity index is 713. The first-order chi connectivity index (χ1) is 10.6. The third-order valence-corrected chi connectivity index (χ3v) is 5.19. The van der Waals surface area contributed by atoms with Gasteiger partial charge in [-0.1, -0.05) is 19.9 Å².